The Hall–Kier alpha value is -1.84. The zero-order valence-corrected chi connectivity index (χ0v) is 13.9. The van der Waals surface area contributed by atoms with E-state index < -0.39 is 0 Å². The average Bonchev–Trinajstić information content (AvgIpc) is 3.07. The lowest BCUT2D eigenvalue weighted by atomic mass is 9.97. The van der Waals surface area contributed by atoms with Crippen LogP contribution in [-0.4, -0.2) is 19.0 Å². The molecule has 2 aromatic rings. The highest BCUT2D eigenvalue weighted by Crippen LogP contribution is 2.22. The van der Waals surface area contributed by atoms with Crippen molar-refractivity contribution < 1.29 is 4.79 Å². The molecule has 0 aliphatic carbocycles. The predicted molar refractivity (Wildman–Crippen MR) is 96.9 cm³/mol. The molecule has 0 aromatic heterocycles. The lowest BCUT2D eigenvalue weighted by Gasteiger charge is -2.09. The van der Waals surface area contributed by atoms with Crippen molar-refractivity contribution in [2.75, 3.05) is 13.1 Å². The number of primary amides is 1. The number of nitrogens with one attached hydrogen (secondary N) is 1. The van der Waals surface area contributed by atoms with Gasteiger partial charge in [-0.2, -0.15) is 0 Å². The topological polar surface area (TPSA) is 55.1 Å². The van der Waals surface area contributed by atoms with E-state index in [0.29, 0.717) is 5.56 Å². The number of halogens is 1. The van der Waals surface area contributed by atoms with Gasteiger partial charge in [-0.3, -0.25) is 4.79 Å². The van der Waals surface area contributed by atoms with E-state index in [2.05, 4.69) is 29.6 Å². The van der Waals surface area contributed by atoms with Gasteiger partial charge in [0.25, 0.3) is 0 Å². The zero-order chi connectivity index (χ0) is 15.4. The van der Waals surface area contributed by atoms with E-state index in [1.54, 1.807) is 12.1 Å². The molecule has 0 bridgehead atoms. The average molecular weight is 331 g/mol. The van der Waals surface area contributed by atoms with Crippen LogP contribution in [-0.2, 0) is 6.42 Å². The SMILES string of the molecule is Cl.NC(=O)c1ccc(-c2ccc(CCC3CCNC3)cc2)cc1. The van der Waals surface area contributed by atoms with E-state index >= 15 is 0 Å². The highest BCUT2D eigenvalue weighted by Gasteiger charge is 2.13. The molecule has 2 aromatic carbocycles. The number of nitrogens with two attached hydrogens (primary N) is 1. The van der Waals surface area contributed by atoms with Crippen LogP contribution in [0.15, 0.2) is 48.5 Å². The minimum Gasteiger partial charge on any atom is -0.366 e. The summed E-state index contributed by atoms with van der Waals surface area (Å²) in [6.45, 7) is 2.34. The largest absolute Gasteiger partial charge is 0.366 e. The lowest BCUT2D eigenvalue weighted by Crippen LogP contribution is -2.10. The first-order chi connectivity index (χ1) is 10.7. The highest BCUT2D eigenvalue weighted by atomic mass is 35.5. The molecule has 1 saturated heterocycles. The molecular formula is C19H23ClN2O. The number of hydrogen-bond donors (Lipinski definition) is 2. The summed E-state index contributed by atoms with van der Waals surface area (Å²) in [5.74, 6) is 0.448. The smallest absolute Gasteiger partial charge is 0.248 e. The molecule has 1 unspecified atom stereocenters. The van der Waals surface area contributed by atoms with Crippen molar-refractivity contribution in [3.8, 4) is 11.1 Å². The van der Waals surface area contributed by atoms with Gasteiger partial charge in [0, 0.05) is 5.56 Å². The Bertz CT molecular complexity index is 631. The quantitative estimate of drug-likeness (QED) is 0.882. The van der Waals surface area contributed by atoms with Crippen LogP contribution in [0.2, 0.25) is 0 Å². The van der Waals surface area contributed by atoms with Crippen molar-refractivity contribution in [2.45, 2.75) is 19.3 Å². The number of amides is 1. The Morgan fingerprint density at radius 2 is 1.65 bits per heavy atom. The van der Waals surface area contributed by atoms with Crippen LogP contribution >= 0.6 is 12.4 Å². The number of rotatable bonds is 5. The van der Waals surface area contributed by atoms with E-state index in [9.17, 15) is 4.79 Å². The van der Waals surface area contributed by atoms with Crippen LogP contribution in [0.1, 0.15) is 28.8 Å². The summed E-state index contributed by atoms with van der Waals surface area (Å²) in [5, 5.41) is 3.42. The van der Waals surface area contributed by atoms with Gasteiger partial charge >= 0.3 is 0 Å². The van der Waals surface area contributed by atoms with Crippen LogP contribution < -0.4 is 11.1 Å². The maximum Gasteiger partial charge on any atom is 0.248 e. The summed E-state index contributed by atoms with van der Waals surface area (Å²) in [4.78, 5) is 11.1. The van der Waals surface area contributed by atoms with E-state index in [0.717, 1.165) is 17.9 Å². The molecule has 1 aliphatic rings. The van der Waals surface area contributed by atoms with E-state index in [-0.39, 0.29) is 18.3 Å². The second kappa shape index (κ2) is 8.14. The van der Waals surface area contributed by atoms with Gasteiger partial charge in [-0.15, -0.1) is 12.4 Å². The predicted octanol–water partition coefficient (Wildman–Crippen LogP) is 3.42. The van der Waals surface area contributed by atoms with Crippen molar-refractivity contribution in [1.82, 2.24) is 5.32 Å². The van der Waals surface area contributed by atoms with Crippen molar-refractivity contribution in [3.05, 3.63) is 59.7 Å². The molecule has 0 radical (unpaired) electrons. The molecule has 23 heavy (non-hydrogen) atoms. The summed E-state index contributed by atoms with van der Waals surface area (Å²) in [7, 11) is 0. The first kappa shape index (κ1) is 17.5. The van der Waals surface area contributed by atoms with Crippen LogP contribution in [0.25, 0.3) is 11.1 Å². The van der Waals surface area contributed by atoms with Crippen molar-refractivity contribution in [3.63, 3.8) is 0 Å². The molecule has 0 saturated carbocycles. The first-order valence-corrected chi connectivity index (χ1v) is 7.92. The maximum absolute atomic E-state index is 11.1. The maximum atomic E-state index is 11.1. The van der Waals surface area contributed by atoms with Crippen molar-refractivity contribution in [1.29, 1.82) is 0 Å². The number of hydrogen-bond acceptors (Lipinski definition) is 2. The van der Waals surface area contributed by atoms with Gasteiger partial charge in [0.15, 0.2) is 0 Å². The summed E-state index contributed by atoms with van der Waals surface area (Å²) in [6, 6.07) is 16.2. The van der Waals surface area contributed by atoms with Gasteiger partial charge < -0.3 is 11.1 Å². The summed E-state index contributed by atoms with van der Waals surface area (Å²) < 4.78 is 0. The zero-order valence-electron chi connectivity index (χ0n) is 13.1. The lowest BCUT2D eigenvalue weighted by molar-refractivity contribution is 0.100. The molecule has 1 fully saturated rings. The molecule has 1 heterocycles. The fraction of sp³-hybridized carbons (Fsp3) is 0.316. The molecule has 3 rings (SSSR count). The molecule has 1 aliphatic heterocycles. The van der Waals surface area contributed by atoms with Gasteiger partial charge in [0.1, 0.15) is 0 Å². The number of aryl methyl sites for hydroxylation is 1. The Kier molecular flexibility index (Phi) is 6.20. The third-order valence-corrected chi connectivity index (χ3v) is 4.46. The Labute approximate surface area is 143 Å². The molecule has 122 valence electrons. The molecule has 4 heteroatoms. The molecule has 3 nitrogen and oxygen atoms in total. The van der Waals surface area contributed by atoms with Crippen LogP contribution in [0, 0.1) is 5.92 Å². The first-order valence-electron chi connectivity index (χ1n) is 7.92. The van der Waals surface area contributed by atoms with Gasteiger partial charge in [0.05, 0.1) is 0 Å². The second-order valence-corrected chi connectivity index (χ2v) is 6.04. The second-order valence-electron chi connectivity index (χ2n) is 6.04. The molecule has 1 amide bonds. The molecule has 1 atom stereocenters. The monoisotopic (exact) mass is 330 g/mol. The molecule has 0 spiro atoms. The van der Waals surface area contributed by atoms with Gasteiger partial charge in [0.2, 0.25) is 5.91 Å². The van der Waals surface area contributed by atoms with Crippen LogP contribution in [0.3, 0.4) is 0 Å². The van der Waals surface area contributed by atoms with E-state index in [1.165, 1.54) is 37.1 Å². The summed E-state index contributed by atoms with van der Waals surface area (Å²) in [6.07, 6.45) is 3.72. The Morgan fingerprint density at radius 3 is 2.17 bits per heavy atom. The van der Waals surface area contributed by atoms with Crippen LogP contribution in [0.5, 0.6) is 0 Å². The van der Waals surface area contributed by atoms with Gasteiger partial charge in [-0.1, -0.05) is 36.4 Å². The van der Waals surface area contributed by atoms with Crippen LogP contribution in [0.4, 0.5) is 0 Å². The number of carbonyl (C=O) groups excluding carboxylic acids is 1. The number of benzene rings is 2. The third-order valence-electron chi connectivity index (χ3n) is 4.46. The Morgan fingerprint density at radius 1 is 1.04 bits per heavy atom. The summed E-state index contributed by atoms with van der Waals surface area (Å²) in [5.41, 5.74) is 9.48. The normalized spacial score (nSPS) is 16.8. The van der Waals surface area contributed by atoms with Gasteiger partial charge in [-0.05, 0) is 67.1 Å². The molecule has 3 N–H and O–H groups in total. The molecular weight excluding hydrogens is 308 g/mol. The minimum absolute atomic E-state index is 0. The Balaban J connectivity index is 0.00000192. The van der Waals surface area contributed by atoms with E-state index in [4.69, 9.17) is 5.73 Å². The fourth-order valence-corrected chi connectivity index (χ4v) is 3.02. The third kappa shape index (κ3) is 4.57. The highest BCUT2D eigenvalue weighted by molar-refractivity contribution is 5.93. The fourth-order valence-electron chi connectivity index (χ4n) is 3.02. The van der Waals surface area contributed by atoms with Crippen molar-refractivity contribution >= 4 is 18.3 Å². The van der Waals surface area contributed by atoms with Crippen molar-refractivity contribution in [2.24, 2.45) is 11.7 Å². The standard InChI is InChI=1S/C19H22N2O.ClH/c20-19(22)18-9-7-17(8-10-18)16-5-3-14(4-6-16)1-2-15-11-12-21-13-15;/h3-10,15,21H,1-2,11-13H2,(H2,20,22);1H. The van der Waals surface area contributed by atoms with E-state index in [1.807, 2.05) is 12.1 Å². The number of carbonyl (C=O) groups is 1. The summed E-state index contributed by atoms with van der Waals surface area (Å²) >= 11 is 0. The minimum atomic E-state index is -0.386. The van der Waals surface area contributed by atoms with Gasteiger partial charge in [-0.25, -0.2) is 0 Å².